The summed E-state index contributed by atoms with van der Waals surface area (Å²) in [4.78, 5) is 12.6. The van der Waals surface area contributed by atoms with Gasteiger partial charge in [0.05, 0.1) is 10.1 Å². The molecule has 0 bridgehead atoms. The third-order valence-corrected chi connectivity index (χ3v) is 6.64. The van der Waals surface area contributed by atoms with Gasteiger partial charge in [0.2, 0.25) is 5.91 Å². The number of amides is 1. The Kier molecular flexibility index (Phi) is 3.03. The molecule has 1 aliphatic rings. The molecule has 18 heavy (non-hydrogen) atoms. The van der Waals surface area contributed by atoms with E-state index in [0.717, 1.165) is 0 Å². The molecule has 1 amide bonds. The minimum Gasteiger partial charge on any atom is -0.366 e. The van der Waals surface area contributed by atoms with Gasteiger partial charge in [0.15, 0.2) is 9.84 Å². The fourth-order valence-electron chi connectivity index (χ4n) is 1.82. The lowest BCUT2D eigenvalue weighted by Crippen LogP contribution is -2.24. The van der Waals surface area contributed by atoms with Gasteiger partial charge in [0.25, 0.3) is 0 Å². The second-order valence-corrected chi connectivity index (χ2v) is 7.64. The van der Waals surface area contributed by atoms with Gasteiger partial charge in [-0.3, -0.25) is 4.79 Å². The lowest BCUT2D eigenvalue weighted by Gasteiger charge is -2.24. The second kappa shape index (κ2) is 4.13. The third kappa shape index (κ3) is 1.85. The highest BCUT2D eigenvalue weighted by Gasteiger charge is 2.34. The third-order valence-electron chi connectivity index (χ3n) is 3.02. The first kappa shape index (κ1) is 13.2. The summed E-state index contributed by atoms with van der Waals surface area (Å²) >= 11 is 1.33. The Morgan fingerprint density at radius 3 is 2.61 bits per heavy atom. The number of carbonyl (C=O) groups excluding carboxylic acids is 1. The fraction of sp³-hybridized carbons (Fsp3) is 0.250. The van der Waals surface area contributed by atoms with Gasteiger partial charge < -0.3 is 5.73 Å². The van der Waals surface area contributed by atoms with Crippen molar-refractivity contribution in [1.82, 2.24) is 0 Å². The van der Waals surface area contributed by atoms with Gasteiger partial charge in [0, 0.05) is 15.4 Å². The van der Waals surface area contributed by atoms with Crippen molar-refractivity contribution < 1.29 is 13.2 Å². The van der Waals surface area contributed by atoms with E-state index in [2.05, 4.69) is 6.58 Å². The van der Waals surface area contributed by atoms with Crippen molar-refractivity contribution >= 4 is 27.5 Å². The van der Waals surface area contributed by atoms with Gasteiger partial charge >= 0.3 is 0 Å². The van der Waals surface area contributed by atoms with E-state index in [9.17, 15) is 13.2 Å². The van der Waals surface area contributed by atoms with Crippen LogP contribution in [0.15, 0.2) is 33.4 Å². The lowest BCUT2D eigenvalue weighted by molar-refractivity contribution is 0.0999. The van der Waals surface area contributed by atoms with Crippen LogP contribution in [0.3, 0.4) is 0 Å². The van der Waals surface area contributed by atoms with E-state index in [1.807, 2.05) is 0 Å². The van der Waals surface area contributed by atoms with E-state index in [-0.39, 0.29) is 10.5 Å². The molecule has 1 aliphatic heterocycles. The zero-order chi connectivity index (χ0) is 13.7. The van der Waals surface area contributed by atoms with Gasteiger partial charge in [-0.2, -0.15) is 0 Å². The Morgan fingerprint density at radius 2 is 2.06 bits per heavy atom. The molecule has 96 valence electrons. The van der Waals surface area contributed by atoms with Crippen LogP contribution in [0.25, 0.3) is 0 Å². The Labute approximate surface area is 110 Å². The largest absolute Gasteiger partial charge is 0.366 e. The summed E-state index contributed by atoms with van der Waals surface area (Å²) in [6.07, 6.45) is 0. The van der Waals surface area contributed by atoms with Crippen LogP contribution in [-0.4, -0.2) is 19.6 Å². The van der Waals surface area contributed by atoms with E-state index in [0.29, 0.717) is 15.4 Å². The summed E-state index contributed by atoms with van der Waals surface area (Å²) in [5.41, 5.74) is 6.16. The van der Waals surface area contributed by atoms with Crippen LogP contribution in [0.5, 0.6) is 0 Å². The number of rotatable bonds is 1. The van der Waals surface area contributed by atoms with Crippen molar-refractivity contribution in [3.63, 3.8) is 0 Å². The monoisotopic (exact) mass is 283 g/mol. The molecule has 1 heterocycles. The summed E-state index contributed by atoms with van der Waals surface area (Å²) in [7, 11) is -3.47. The number of carbonyl (C=O) groups is 1. The first-order valence-corrected chi connectivity index (χ1v) is 7.66. The minimum absolute atomic E-state index is 0.173. The van der Waals surface area contributed by atoms with Crippen LogP contribution in [-0.2, 0) is 9.84 Å². The molecular formula is C12H13NO3S2. The minimum atomic E-state index is -3.47. The maximum absolute atomic E-state index is 12.3. The van der Waals surface area contributed by atoms with Gasteiger partial charge in [-0.05, 0) is 31.5 Å². The van der Waals surface area contributed by atoms with Crippen molar-refractivity contribution in [2.24, 2.45) is 5.73 Å². The van der Waals surface area contributed by atoms with E-state index in [1.165, 1.54) is 17.8 Å². The summed E-state index contributed by atoms with van der Waals surface area (Å²) in [5.74, 6) is -0.618. The molecule has 1 atom stereocenters. The number of nitrogens with two attached hydrogens (primary N) is 1. The quantitative estimate of drug-likeness (QED) is 0.853. The number of fused-ring (bicyclic) bond motifs is 1. The predicted octanol–water partition coefficient (Wildman–Crippen LogP) is 1.88. The SMILES string of the molecule is C=C1Sc2cc(C)c(C(N)=O)cc2S(=O)(=O)C1C. The summed E-state index contributed by atoms with van der Waals surface area (Å²) in [6.45, 7) is 7.09. The number of hydrogen-bond acceptors (Lipinski definition) is 4. The summed E-state index contributed by atoms with van der Waals surface area (Å²) in [6, 6.07) is 3.05. The average molecular weight is 283 g/mol. The van der Waals surface area contributed by atoms with Crippen molar-refractivity contribution in [2.75, 3.05) is 0 Å². The Hall–Kier alpha value is -1.27. The maximum atomic E-state index is 12.3. The highest BCUT2D eigenvalue weighted by molar-refractivity contribution is 8.06. The Balaban J connectivity index is 2.77. The first-order chi connectivity index (χ1) is 8.25. The number of aryl methyl sites for hydroxylation is 1. The Morgan fingerprint density at radius 1 is 1.44 bits per heavy atom. The molecule has 1 unspecified atom stereocenters. The predicted molar refractivity (Wildman–Crippen MR) is 71.3 cm³/mol. The van der Waals surface area contributed by atoms with Crippen LogP contribution in [0.4, 0.5) is 0 Å². The fourth-order valence-corrected chi connectivity index (χ4v) is 5.01. The first-order valence-electron chi connectivity index (χ1n) is 5.30. The number of thioether (sulfide) groups is 1. The lowest BCUT2D eigenvalue weighted by atomic mass is 10.1. The molecule has 4 nitrogen and oxygen atoms in total. The van der Waals surface area contributed by atoms with Crippen LogP contribution >= 0.6 is 11.8 Å². The maximum Gasteiger partial charge on any atom is 0.249 e. The van der Waals surface area contributed by atoms with Crippen molar-refractivity contribution in [1.29, 1.82) is 0 Å². The van der Waals surface area contributed by atoms with Crippen molar-refractivity contribution in [2.45, 2.75) is 28.9 Å². The second-order valence-electron chi connectivity index (χ2n) is 4.23. The standard InChI is InChI=1S/C12H13NO3S2/c1-6-4-10-11(5-9(6)12(13)14)18(15,16)8(3)7(2)17-10/h4-5,8H,2H2,1,3H3,(H2,13,14). The Bertz CT molecular complexity index is 662. The van der Waals surface area contributed by atoms with Crippen LogP contribution < -0.4 is 5.73 Å². The van der Waals surface area contributed by atoms with Gasteiger partial charge in [-0.25, -0.2) is 8.42 Å². The molecule has 0 aromatic heterocycles. The normalized spacial score (nSPS) is 21.4. The smallest absolute Gasteiger partial charge is 0.249 e. The topological polar surface area (TPSA) is 77.2 Å². The molecule has 0 saturated heterocycles. The molecular weight excluding hydrogens is 270 g/mol. The summed E-state index contributed by atoms with van der Waals surface area (Å²) in [5, 5.41) is -0.654. The molecule has 0 aliphatic carbocycles. The number of sulfone groups is 1. The number of primary amides is 1. The summed E-state index contributed by atoms with van der Waals surface area (Å²) < 4.78 is 24.5. The highest BCUT2D eigenvalue weighted by atomic mass is 32.2. The molecule has 0 radical (unpaired) electrons. The van der Waals surface area contributed by atoms with Gasteiger partial charge in [-0.1, -0.05) is 18.3 Å². The molecule has 0 fully saturated rings. The highest BCUT2D eigenvalue weighted by Crippen LogP contribution is 2.43. The molecule has 2 rings (SSSR count). The number of benzene rings is 1. The molecule has 0 spiro atoms. The molecule has 6 heteroatoms. The van der Waals surface area contributed by atoms with E-state index in [1.54, 1.807) is 19.9 Å². The van der Waals surface area contributed by atoms with E-state index in [4.69, 9.17) is 5.73 Å². The van der Waals surface area contributed by atoms with Crippen molar-refractivity contribution in [3.05, 3.63) is 34.7 Å². The van der Waals surface area contributed by atoms with Gasteiger partial charge in [-0.15, -0.1) is 0 Å². The van der Waals surface area contributed by atoms with Crippen LogP contribution in [0.2, 0.25) is 0 Å². The van der Waals surface area contributed by atoms with Crippen LogP contribution in [0, 0.1) is 6.92 Å². The molecule has 2 N–H and O–H groups in total. The molecule has 0 saturated carbocycles. The number of hydrogen-bond donors (Lipinski definition) is 1. The van der Waals surface area contributed by atoms with E-state index >= 15 is 0 Å². The van der Waals surface area contributed by atoms with Crippen LogP contribution in [0.1, 0.15) is 22.8 Å². The van der Waals surface area contributed by atoms with Gasteiger partial charge in [0.1, 0.15) is 0 Å². The molecule has 1 aromatic carbocycles. The average Bonchev–Trinajstić information content (AvgIpc) is 2.25. The van der Waals surface area contributed by atoms with Crippen molar-refractivity contribution in [3.8, 4) is 0 Å². The molecule has 1 aromatic rings. The zero-order valence-electron chi connectivity index (χ0n) is 10.1. The van der Waals surface area contributed by atoms with E-state index < -0.39 is 21.0 Å². The zero-order valence-corrected chi connectivity index (χ0v) is 11.7.